The molecule has 1 aliphatic rings. The standard InChI is InChI=1S/C19H24N2O3S2/c1-2-20(15-16-9-8-14-25-16)19(22)17-10-4-5-11-18(17)26(23,24)21-12-6-3-7-13-21/h4-5,8-11,14H,2-3,6-7,12-13,15H2,1H3. The maximum absolute atomic E-state index is 13.1. The minimum Gasteiger partial charge on any atom is -0.334 e. The Kier molecular flexibility index (Phi) is 6.11. The van der Waals surface area contributed by atoms with Crippen LogP contribution in [0.25, 0.3) is 0 Å². The molecule has 2 heterocycles. The lowest BCUT2D eigenvalue weighted by Crippen LogP contribution is -2.37. The van der Waals surface area contributed by atoms with Gasteiger partial charge in [-0.1, -0.05) is 24.6 Å². The quantitative estimate of drug-likeness (QED) is 0.755. The summed E-state index contributed by atoms with van der Waals surface area (Å²) in [4.78, 5) is 16.0. The minimum atomic E-state index is -3.65. The van der Waals surface area contributed by atoms with Crippen LogP contribution in [0.2, 0.25) is 0 Å². The van der Waals surface area contributed by atoms with Gasteiger partial charge in [0.15, 0.2) is 0 Å². The van der Waals surface area contributed by atoms with Crippen molar-refractivity contribution in [3.8, 4) is 0 Å². The lowest BCUT2D eigenvalue weighted by atomic mass is 10.2. The molecule has 1 aromatic carbocycles. The number of sulfonamides is 1. The van der Waals surface area contributed by atoms with Gasteiger partial charge in [-0.2, -0.15) is 4.31 Å². The van der Waals surface area contributed by atoms with Crippen LogP contribution in [0.5, 0.6) is 0 Å². The number of carbonyl (C=O) groups excluding carboxylic acids is 1. The summed E-state index contributed by atoms with van der Waals surface area (Å²) in [6.07, 6.45) is 2.79. The smallest absolute Gasteiger partial charge is 0.255 e. The van der Waals surface area contributed by atoms with Crippen molar-refractivity contribution in [1.29, 1.82) is 0 Å². The van der Waals surface area contributed by atoms with Gasteiger partial charge in [0.25, 0.3) is 5.91 Å². The van der Waals surface area contributed by atoms with E-state index in [9.17, 15) is 13.2 Å². The van der Waals surface area contributed by atoms with E-state index in [0.29, 0.717) is 26.2 Å². The Hall–Kier alpha value is -1.70. The second-order valence-electron chi connectivity index (χ2n) is 6.36. The molecule has 0 spiro atoms. The fourth-order valence-electron chi connectivity index (χ4n) is 3.20. The SMILES string of the molecule is CCN(Cc1cccs1)C(=O)c1ccccc1S(=O)(=O)N1CCCCC1. The fraction of sp³-hybridized carbons (Fsp3) is 0.421. The van der Waals surface area contributed by atoms with Crippen molar-refractivity contribution >= 4 is 27.3 Å². The third-order valence-corrected chi connectivity index (χ3v) is 7.46. The van der Waals surface area contributed by atoms with Gasteiger partial charge < -0.3 is 4.90 Å². The monoisotopic (exact) mass is 392 g/mol. The number of thiophene rings is 1. The molecule has 1 amide bonds. The second-order valence-corrected chi connectivity index (χ2v) is 9.30. The molecule has 1 aliphatic heterocycles. The lowest BCUT2D eigenvalue weighted by Gasteiger charge is -2.27. The van der Waals surface area contributed by atoms with E-state index in [4.69, 9.17) is 0 Å². The van der Waals surface area contributed by atoms with Crippen molar-refractivity contribution in [3.05, 3.63) is 52.2 Å². The zero-order chi connectivity index (χ0) is 18.6. The molecule has 7 heteroatoms. The van der Waals surface area contributed by atoms with Crippen molar-refractivity contribution in [2.45, 2.75) is 37.6 Å². The van der Waals surface area contributed by atoms with Gasteiger partial charge in [-0.05, 0) is 43.3 Å². The molecule has 26 heavy (non-hydrogen) atoms. The molecule has 0 saturated carbocycles. The Morgan fingerprint density at radius 1 is 1.12 bits per heavy atom. The van der Waals surface area contributed by atoms with E-state index in [1.54, 1.807) is 40.5 Å². The van der Waals surface area contributed by atoms with Crippen molar-refractivity contribution in [2.75, 3.05) is 19.6 Å². The number of carbonyl (C=O) groups is 1. The zero-order valence-electron chi connectivity index (χ0n) is 14.9. The number of hydrogen-bond acceptors (Lipinski definition) is 4. The molecule has 1 aromatic heterocycles. The highest BCUT2D eigenvalue weighted by atomic mass is 32.2. The largest absolute Gasteiger partial charge is 0.334 e. The number of benzene rings is 1. The van der Waals surface area contributed by atoms with Crippen LogP contribution in [0.1, 0.15) is 41.4 Å². The maximum atomic E-state index is 13.1. The van der Waals surface area contributed by atoms with Gasteiger partial charge in [0.1, 0.15) is 0 Å². The summed E-state index contributed by atoms with van der Waals surface area (Å²) in [5, 5.41) is 1.97. The molecular weight excluding hydrogens is 368 g/mol. The van der Waals surface area contributed by atoms with E-state index >= 15 is 0 Å². The summed E-state index contributed by atoms with van der Waals surface area (Å²) in [7, 11) is -3.65. The lowest BCUT2D eigenvalue weighted by molar-refractivity contribution is 0.0750. The van der Waals surface area contributed by atoms with Gasteiger partial charge in [-0.25, -0.2) is 8.42 Å². The molecule has 0 radical (unpaired) electrons. The zero-order valence-corrected chi connectivity index (χ0v) is 16.6. The molecule has 5 nitrogen and oxygen atoms in total. The predicted molar refractivity (Wildman–Crippen MR) is 104 cm³/mol. The van der Waals surface area contributed by atoms with Crippen LogP contribution in [0.4, 0.5) is 0 Å². The van der Waals surface area contributed by atoms with Gasteiger partial charge in [-0.15, -0.1) is 11.3 Å². The molecule has 0 atom stereocenters. The maximum Gasteiger partial charge on any atom is 0.255 e. The molecule has 0 bridgehead atoms. The van der Waals surface area contributed by atoms with E-state index in [1.165, 1.54) is 4.31 Å². The Morgan fingerprint density at radius 3 is 2.50 bits per heavy atom. The number of rotatable bonds is 6. The molecule has 0 N–H and O–H groups in total. The highest BCUT2D eigenvalue weighted by Gasteiger charge is 2.30. The highest BCUT2D eigenvalue weighted by molar-refractivity contribution is 7.89. The van der Waals surface area contributed by atoms with Crippen LogP contribution in [0, 0.1) is 0 Å². The molecule has 1 fully saturated rings. The van der Waals surface area contributed by atoms with Gasteiger partial charge in [0.2, 0.25) is 10.0 Å². The summed E-state index contributed by atoms with van der Waals surface area (Å²) in [6.45, 7) is 3.97. The molecule has 3 rings (SSSR count). The summed E-state index contributed by atoms with van der Waals surface area (Å²) in [5.41, 5.74) is 0.261. The third-order valence-electron chi connectivity index (χ3n) is 4.65. The van der Waals surface area contributed by atoms with E-state index in [-0.39, 0.29) is 16.4 Å². The van der Waals surface area contributed by atoms with Gasteiger partial charge >= 0.3 is 0 Å². The summed E-state index contributed by atoms with van der Waals surface area (Å²) in [5.74, 6) is -0.239. The van der Waals surface area contributed by atoms with Crippen molar-refractivity contribution in [1.82, 2.24) is 9.21 Å². The Bertz CT molecular complexity index is 841. The first-order valence-electron chi connectivity index (χ1n) is 8.95. The molecule has 140 valence electrons. The van der Waals surface area contributed by atoms with E-state index < -0.39 is 10.0 Å². The average Bonchev–Trinajstić information content (AvgIpc) is 3.19. The fourth-order valence-corrected chi connectivity index (χ4v) is 5.62. The molecular formula is C19H24N2O3S2. The Labute approximate surface area is 159 Å². The first-order chi connectivity index (χ1) is 12.5. The Morgan fingerprint density at radius 2 is 1.85 bits per heavy atom. The van der Waals surface area contributed by atoms with Crippen LogP contribution in [0.15, 0.2) is 46.7 Å². The minimum absolute atomic E-state index is 0.122. The topological polar surface area (TPSA) is 57.7 Å². The van der Waals surface area contributed by atoms with Gasteiger partial charge in [-0.3, -0.25) is 4.79 Å². The van der Waals surface area contributed by atoms with Crippen LogP contribution >= 0.6 is 11.3 Å². The summed E-state index contributed by atoms with van der Waals surface area (Å²) >= 11 is 1.59. The van der Waals surface area contributed by atoms with Crippen LogP contribution < -0.4 is 0 Å². The summed E-state index contributed by atoms with van der Waals surface area (Å²) in [6, 6.07) is 10.5. The first kappa shape index (κ1) is 19.1. The normalized spacial score (nSPS) is 15.7. The van der Waals surface area contributed by atoms with Gasteiger partial charge in [0.05, 0.1) is 17.0 Å². The molecule has 2 aromatic rings. The molecule has 1 saturated heterocycles. The summed E-state index contributed by atoms with van der Waals surface area (Å²) < 4.78 is 27.7. The van der Waals surface area contributed by atoms with E-state index in [2.05, 4.69) is 0 Å². The molecule has 0 unspecified atom stereocenters. The van der Waals surface area contributed by atoms with Crippen molar-refractivity contribution in [3.63, 3.8) is 0 Å². The predicted octanol–water partition coefficient (Wildman–Crippen LogP) is 3.59. The van der Waals surface area contributed by atoms with Crippen LogP contribution in [0.3, 0.4) is 0 Å². The van der Waals surface area contributed by atoms with Crippen molar-refractivity contribution < 1.29 is 13.2 Å². The number of nitrogens with zero attached hydrogens (tertiary/aromatic N) is 2. The second kappa shape index (κ2) is 8.33. The van der Waals surface area contributed by atoms with E-state index in [0.717, 1.165) is 24.1 Å². The number of amides is 1. The highest BCUT2D eigenvalue weighted by Crippen LogP contribution is 2.25. The van der Waals surface area contributed by atoms with E-state index in [1.807, 2.05) is 24.4 Å². The molecule has 0 aliphatic carbocycles. The third kappa shape index (κ3) is 4.00. The number of piperidine rings is 1. The average molecular weight is 393 g/mol. The number of hydrogen-bond donors (Lipinski definition) is 0. The van der Waals surface area contributed by atoms with Gasteiger partial charge in [0, 0.05) is 24.5 Å². The Balaban J connectivity index is 1.91. The van der Waals surface area contributed by atoms with Crippen LogP contribution in [-0.2, 0) is 16.6 Å². The van der Waals surface area contributed by atoms with Crippen LogP contribution in [-0.4, -0.2) is 43.2 Å². The first-order valence-corrected chi connectivity index (χ1v) is 11.3. The van der Waals surface area contributed by atoms with Crippen molar-refractivity contribution in [2.24, 2.45) is 0 Å².